The van der Waals surface area contributed by atoms with Crippen molar-refractivity contribution in [1.29, 1.82) is 0 Å². The van der Waals surface area contributed by atoms with E-state index in [0.29, 0.717) is 55.6 Å². The van der Waals surface area contributed by atoms with E-state index in [9.17, 15) is 14.4 Å². The third-order valence-electron chi connectivity index (χ3n) is 6.65. The SMILES string of the molecule is CCOC(=O)c1cccc(-c2ccc(/C=c3/sc4n(c3=O)[C@@H](c3ccc(OCC)cc3)C(C(=O)OC(C)C)=C(C)N=4)o2)c1. The average Bonchev–Trinajstić information content (AvgIpc) is 3.57. The number of furan rings is 1. The van der Waals surface area contributed by atoms with Crippen molar-refractivity contribution in [2.45, 2.75) is 46.8 Å². The predicted octanol–water partition coefficient (Wildman–Crippen LogP) is 5.02. The first kappa shape index (κ1) is 29.8. The lowest BCUT2D eigenvalue weighted by Gasteiger charge is -2.25. The summed E-state index contributed by atoms with van der Waals surface area (Å²) in [5, 5.41) is 0. The number of rotatable bonds is 9. The molecular weight excluding hydrogens is 568 g/mol. The maximum atomic E-state index is 13.9. The number of carbonyl (C=O) groups is 2. The number of nitrogens with zero attached hydrogens (tertiary/aromatic N) is 2. The van der Waals surface area contributed by atoms with Gasteiger partial charge in [-0.25, -0.2) is 14.6 Å². The molecule has 10 heteroatoms. The largest absolute Gasteiger partial charge is 0.494 e. The lowest BCUT2D eigenvalue weighted by atomic mass is 9.96. The Morgan fingerprint density at radius 1 is 1.05 bits per heavy atom. The molecule has 0 saturated heterocycles. The van der Waals surface area contributed by atoms with Crippen molar-refractivity contribution in [2.75, 3.05) is 13.2 Å². The summed E-state index contributed by atoms with van der Waals surface area (Å²) in [6.45, 7) is 9.76. The maximum Gasteiger partial charge on any atom is 0.338 e. The molecule has 222 valence electrons. The minimum atomic E-state index is -0.738. The molecule has 1 aliphatic heterocycles. The average molecular weight is 601 g/mol. The van der Waals surface area contributed by atoms with Crippen LogP contribution in [0.5, 0.6) is 5.75 Å². The summed E-state index contributed by atoms with van der Waals surface area (Å²) in [5.74, 6) is 0.741. The molecule has 1 atom stereocenters. The number of aromatic nitrogens is 1. The molecule has 0 N–H and O–H groups in total. The smallest absolute Gasteiger partial charge is 0.338 e. The van der Waals surface area contributed by atoms with Gasteiger partial charge in [0, 0.05) is 11.6 Å². The molecule has 43 heavy (non-hydrogen) atoms. The van der Waals surface area contributed by atoms with Gasteiger partial charge in [0.1, 0.15) is 17.3 Å². The molecule has 1 aliphatic rings. The molecule has 2 aromatic carbocycles. The molecule has 0 unspecified atom stereocenters. The number of carbonyl (C=O) groups excluding carboxylic acids is 2. The van der Waals surface area contributed by atoms with Crippen molar-refractivity contribution in [3.05, 3.63) is 109 Å². The molecule has 2 aromatic heterocycles. The van der Waals surface area contributed by atoms with Gasteiger partial charge in [-0.3, -0.25) is 9.36 Å². The molecule has 9 nitrogen and oxygen atoms in total. The highest BCUT2D eigenvalue weighted by atomic mass is 32.1. The fraction of sp³-hybridized carbons (Fsp3) is 0.273. The van der Waals surface area contributed by atoms with Crippen LogP contribution < -0.4 is 19.6 Å². The highest BCUT2D eigenvalue weighted by Gasteiger charge is 2.33. The molecule has 0 saturated carbocycles. The Labute approximate surface area is 252 Å². The number of hydrogen-bond donors (Lipinski definition) is 0. The normalized spacial score (nSPS) is 14.8. The standard InChI is InChI=1S/C33H32N2O7S/c1-6-39-24-13-11-21(12-14-24)29-28(32(38)41-19(3)4)20(5)34-33-35(29)30(36)27(43-33)18-25-15-16-26(42-25)22-9-8-10-23(17-22)31(37)40-7-2/h8-19,29H,6-7H2,1-5H3/b27-18+/t29-/m0/s1. The number of fused-ring (bicyclic) bond motifs is 1. The lowest BCUT2D eigenvalue weighted by molar-refractivity contribution is -0.143. The first-order valence-electron chi connectivity index (χ1n) is 14.0. The zero-order chi connectivity index (χ0) is 30.7. The Kier molecular flexibility index (Phi) is 8.77. The number of benzene rings is 2. The van der Waals surface area contributed by atoms with Gasteiger partial charge in [0.25, 0.3) is 5.56 Å². The maximum absolute atomic E-state index is 13.9. The summed E-state index contributed by atoms with van der Waals surface area (Å²) in [4.78, 5) is 44.5. The highest BCUT2D eigenvalue weighted by Crippen LogP contribution is 2.32. The summed E-state index contributed by atoms with van der Waals surface area (Å²) >= 11 is 1.21. The van der Waals surface area contributed by atoms with Gasteiger partial charge in [-0.05, 0) is 76.6 Å². The molecule has 0 aliphatic carbocycles. The van der Waals surface area contributed by atoms with E-state index in [1.165, 1.54) is 15.9 Å². The third-order valence-corrected chi connectivity index (χ3v) is 7.63. The first-order chi connectivity index (χ1) is 20.7. The van der Waals surface area contributed by atoms with Crippen LogP contribution in [0.4, 0.5) is 0 Å². The Morgan fingerprint density at radius 2 is 1.81 bits per heavy atom. The van der Waals surface area contributed by atoms with Crippen LogP contribution in [0.2, 0.25) is 0 Å². The minimum absolute atomic E-state index is 0.282. The number of esters is 2. The minimum Gasteiger partial charge on any atom is -0.494 e. The molecular formula is C33H32N2O7S. The van der Waals surface area contributed by atoms with E-state index in [2.05, 4.69) is 4.99 Å². The predicted molar refractivity (Wildman–Crippen MR) is 163 cm³/mol. The number of ether oxygens (including phenoxy) is 3. The van der Waals surface area contributed by atoms with E-state index < -0.39 is 18.0 Å². The van der Waals surface area contributed by atoms with Gasteiger partial charge in [-0.1, -0.05) is 35.6 Å². The van der Waals surface area contributed by atoms with Crippen LogP contribution in [0.25, 0.3) is 17.4 Å². The van der Waals surface area contributed by atoms with E-state index in [4.69, 9.17) is 18.6 Å². The summed E-state index contributed by atoms with van der Waals surface area (Å²) < 4.78 is 24.2. The van der Waals surface area contributed by atoms with Gasteiger partial charge in [0.15, 0.2) is 4.80 Å². The van der Waals surface area contributed by atoms with Crippen LogP contribution in [0, 0.1) is 0 Å². The summed E-state index contributed by atoms with van der Waals surface area (Å²) in [6, 6.07) is 17.1. The zero-order valence-corrected chi connectivity index (χ0v) is 25.4. The Hall–Kier alpha value is -4.70. The van der Waals surface area contributed by atoms with Gasteiger partial charge >= 0.3 is 11.9 Å². The Balaban J connectivity index is 1.57. The van der Waals surface area contributed by atoms with Crippen molar-refractivity contribution < 1.29 is 28.2 Å². The van der Waals surface area contributed by atoms with Gasteiger partial charge in [0.2, 0.25) is 0 Å². The van der Waals surface area contributed by atoms with Gasteiger partial charge < -0.3 is 18.6 Å². The van der Waals surface area contributed by atoms with Crippen LogP contribution in [0.1, 0.15) is 62.3 Å². The summed E-state index contributed by atoms with van der Waals surface area (Å²) in [5.41, 5.74) is 2.32. The fourth-order valence-corrected chi connectivity index (χ4v) is 5.84. The van der Waals surface area contributed by atoms with Crippen molar-refractivity contribution in [1.82, 2.24) is 4.57 Å². The van der Waals surface area contributed by atoms with E-state index in [0.717, 1.165) is 5.56 Å². The van der Waals surface area contributed by atoms with E-state index in [1.807, 2.05) is 37.3 Å². The lowest BCUT2D eigenvalue weighted by Crippen LogP contribution is -2.40. The Bertz CT molecular complexity index is 1880. The topological polar surface area (TPSA) is 109 Å². The number of thiazole rings is 1. The molecule has 0 amide bonds. The van der Waals surface area contributed by atoms with Crippen molar-refractivity contribution in [3.8, 4) is 17.1 Å². The van der Waals surface area contributed by atoms with Gasteiger partial charge in [-0.2, -0.15) is 0 Å². The summed E-state index contributed by atoms with van der Waals surface area (Å²) in [7, 11) is 0. The van der Waals surface area contributed by atoms with Gasteiger partial charge in [-0.15, -0.1) is 0 Å². The molecule has 4 aromatic rings. The summed E-state index contributed by atoms with van der Waals surface area (Å²) in [6.07, 6.45) is 1.31. The van der Waals surface area contributed by atoms with Gasteiger partial charge in [0.05, 0.1) is 46.7 Å². The second-order valence-electron chi connectivity index (χ2n) is 10.0. The molecule has 5 rings (SSSR count). The fourth-order valence-electron chi connectivity index (χ4n) is 4.82. The van der Waals surface area contributed by atoms with Crippen molar-refractivity contribution in [3.63, 3.8) is 0 Å². The number of hydrogen-bond acceptors (Lipinski definition) is 9. The highest BCUT2D eigenvalue weighted by molar-refractivity contribution is 7.07. The second-order valence-corrected chi connectivity index (χ2v) is 11.1. The van der Waals surface area contributed by atoms with Crippen molar-refractivity contribution >= 4 is 29.4 Å². The van der Waals surface area contributed by atoms with Crippen LogP contribution in [-0.2, 0) is 14.3 Å². The van der Waals surface area contributed by atoms with E-state index >= 15 is 0 Å². The van der Waals surface area contributed by atoms with E-state index in [1.54, 1.807) is 64.1 Å². The molecule has 0 radical (unpaired) electrons. The Morgan fingerprint density at radius 3 is 2.51 bits per heavy atom. The molecule has 0 bridgehead atoms. The zero-order valence-electron chi connectivity index (χ0n) is 24.6. The van der Waals surface area contributed by atoms with E-state index in [-0.39, 0.29) is 18.3 Å². The van der Waals surface area contributed by atoms with Crippen molar-refractivity contribution in [2.24, 2.45) is 4.99 Å². The quantitative estimate of drug-likeness (QED) is 0.248. The molecule has 0 spiro atoms. The monoisotopic (exact) mass is 600 g/mol. The van der Waals surface area contributed by atoms with Crippen LogP contribution in [-0.4, -0.2) is 35.8 Å². The van der Waals surface area contributed by atoms with Crippen LogP contribution in [0.15, 0.2) is 86.1 Å². The van der Waals surface area contributed by atoms with Crippen LogP contribution >= 0.6 is 11.3 Å². The molecule has 0 fully saturated rings. The number of allylic oxidation sites excluding steroid dienone is 1. The first-order valence-corrected chi connectivity index (χ1v) is 14.9. The van der Waals surface area contributed by atoms with Crippen LogP contribution in [0.3, 0.4) is 0 Å². The molecule has 3 heterocycles. The third kappa shape index (κ3) is 6.24. The second kappa shape index (κ2) is 12.7.